The fraction of sp³-hybridized carbons (Fsp3) is 0.167. The predicted octanol–water partition coefficient (Wildman–Crippen LogP) is 2.67. The number of hydrogen-bond acceptors (Lipinski definition) is 5. The van der Waals surface area contributed by atoms with Gasteiger partial charge < -0.3 is 9.47 Å². The van der Waals surface area contributed by atoms with Crippen molar-refractivity contribution in [2.45, 2.75) is 6.54 Å². The molecule has 6 nitrogen and oxygen atoms in total. The minimum absolute atomic E-state index is 0.0705. The second-order valence-electron chi connectivity index (χ2n) is 5.22. The number of ether oxygens (including phenoxy) is 2. The summed E-state index contributed by atoms with van der Waals surface area (Å²) in [6.07, 6.45) is 1.34. The highest BCUT2D eigenvalue weighted by molar-refractivity contribution is 6.30. The maximum Gasteiger partial charge on any atom is 0.326 e. The fourth-order valence-electron chi connectivity index (χ4n) is 2.28. The monoisotopic (exact) mass is 358 g/mol. The van der Waals surface area contributed by atoms with Crippen molar-refractivity contribution in [1.29, 1.82) is 0 Å². The Morgan fingerprint density at radius 2 is 1.96 bits per heavy atom. The first-order valence-electron chi connectivity index (χ1n) is 7.61. The number of nitrogens with zero attached hydrogens (tertiary/aromatic N) is 2. The van der Waals surface area contributed by atoms with Gasteiger partial charge in [0.2, 0.25) is 0 Å². The van der Waals surface area contributed by atoms with Gasteiger partial charge in [0.1, 0.15) is 25.5 Å². The quantitative estimate of drug-likeness (QED) is 0.500. The standard InChI is InChI=1S/C18H15ClN2O4/c19-13-4-3-5-14(10-13)24-8-9-25-17(22)11-21-12-20-16-7-2-1-6-15(16)18(21)23/h1-7,10,12H,8-9,11H2. The fourth-order valence-corrected chi connectivity index (χ4v) is 2.46. The molecule has 0 amide bonds. The number of carbonyl (C=O) groups excluding carboxylic acids is 1. The first kappa shape index (κ1) is 17.0. The Kier molecular flexibility index (Phi) is 5.30. The molecule has 7 heteroatoms. The third-order valence-electron chi connectivity index (χ3n) is 3.44. The first-order chi connectivity index (χ1) is 12.1. The summed E-state index contributed by atoms with van der Waals surface area (Å²) in [5.41, 5.74) is 0.310. The molecule has 0 unspecified atom stereocenters. The average Bonchev–Trinajstić information content (AvgIpc) is 2.61. The number of halogens is 1. The van der Waals surface area contributed by atoms with Crippen LogP contribution in [0.15, 0.2) is 59.7 Å². The summed E-state index contributed by atoms with van der Waals surface area (Å²) >= 11 is 5.85. The van der Waals surface area contributed by atoms with Crippen LogP contribution in [0, 0.1) is 0 Å². The molecule has 25 heavy (non-hydrogen) atoms. The molecule has 1 aromatic heterocycles. The van der Waals surface area contributed by atoms with Crippen LogP contribution in [0.2, 0.25) is 5.02 Å². The van der Waals surface area contributed by atoms with Crippen LogP contribution in [-0.2, 0) is 16.1 Å². The normalized spacial score (nSPS) is 10.6. The lowest BCUT2D eigenvalue weighted by molar-refractivity contribution is -0.145. The lowest BCUT2D eigenvalue weighted by Gasteiger charge is -2.09. The van der Waals surface area contributed by atoms with Gasteiger partial charge in [-0.15, -0.1) is 0 Å². The molecule has 0 saturated heterocycles. The molecule has 0 bridgehead atoms. The lowest BCUT2D eigenvalue weighted by Crippen LogP contribution is -2.26. The Morgan fingerprint density at radius 1 is 1.12 bits per heavy atom. The molecule has 128 valence electrons. The smallest absolute Gasteiger partial charge is 0.326 e. The number of para-hydroxylation sites is 1. The van der Waals surface area contributed by atoms with Crippen molar-refractivity contribution in [2.75, 3.05) is 13.2 Å². The van der Waals surface area contributed by atoms with Crippen LogP contribution in [-0.4, -0.2) is 28.7 Å². The number of hydrogen-bond donors (Lipinski definition) is 0. The van der Waals surface area contributed by atoms with Gasteiger partial charge in [-0.2, -0.15) is 0 Å². The molecule has 0 fully saturated rings. The SMILES string of the molecule is O=C(Cn1cnc2ccccc2c1=O)OCCOc1cccc(Cl)c1. The van der Waals surface area contributed by atoms with E-state index in [1.54, 1.807) is 48.5 Å². The Hall–Kier alpha value is -2.86. The van der Waals surface area contributed by atoms with E-state index in [0.29, 0.717) is 21.7 Å². The summed E-state index contributed by atoms with van der Waals surface area (Å²) in [5, 5.41) is 1.03. The van der Waals surface area contributed by atoms with Crippen LogP contribution in [0.4, 0.5) is 0 Å². The third-order valence-corrected chi connectivity index (χ3v) is 3.68. The van der Waals surface area contributed by atoms with Crippen LogP contribution in [0.25, 0.3) is 10.9 Å². The number of fused-ring (bicyclic) bond motifs is 1. The highest BCUT2D eigenvalue weighted by atomic mass is 35.5. The summed E-state index contributed by atoms with van der Waals surface area (Å²) in [4.78, 5) is 28.3. The van der Waals surface area contributed by atoms with Crippen molar-refractivity contribution in [1.82, 2.24) is 9.55 Å². The average molecular weight is 359 g/mol. The molecular weight excluding hydrogens is 344 g/mol. The second kappa shape index (κ2) is 7.81. The zero-order valence-corrected chi connectivity index (χ0v) is 14.0. The van der Waals surface area contributed by atoms with E-state index in [1.807, 2.05) is 0 Å². The maximum absolute atomic E-state index is 12.3. The highest BCUT2D eigenvalue weighted by Crippen LogP contribution is 2.16. The number of rotatable bonds is 6. The van der Waals surface area contributed by atoms with Crippen LogP contribution in [0.1, 0.15) is 0 Å². The molecule has 0 aliphatic carbocycles. The van der Waals surface area contributed by atoms with E-state index in [1.165, 1.54) is 10.9 Å². The van der Waals surface area contributed by atoms with Gasteiger partial charge in [0.05, 0.1) is 17.2 Å². The number of aromatic nitrogens is 2. The Balaban J connectivity index is 1.53. The maximum atomic E-state index is 12.3. The topological polar surface area (TPSA) is 70.4 Å². The predicted molar refractivity (Wildman–Crippen MR) is 93.9 cm³/mol. The zero-order valence-electron chi connectivity index (χ0n) is 13.2. The number of esters is 1. The van der Waals surface area contributed by atoms with E-state index in [2.05, 4.69) is 4.98 Å². The summed E-state index contributed by atoms with van der Waals surface area (Å²) in [7, 11) is 0. The molecule has 0 atom stereocenters. The van der Waals surface area contributed by atoms with Gasteiger partial charge in [-0.25, -0.2) is 4.98 Å². The van der Waals surface area contributed by atoms with Crippen molar-refractivity contribution in [3.05, 3.63) is 70.2 Å². The molecule has 0 N–H and O–H groups in total. The van der Waals surface area contributed by atoms with Gasteiger partial charge in [0.15, 0.2) is 0 Å². The van der Waals surface area contributed by atoms with Gasteiger partial charge in [-0.1, -0.05) is 29.8 Å². The van der Waals surface area contributed by atoms with Gasteiger partial charge in [-0.05, 0) is 30.3 Å². The number of benzene rings is 2. The summed E-state index contributed by atoms with van der Waals surface area (Å²) in [6, 6.07) is 13.9. The molecule has 0 aliphatic rings. The Labute approximate surface area is 148 Å². The lowest BCUT2D eigenvalue weighted by atomic mass is 10.2. The van der Waals surface area contributed by atoms with Crippen molar-refractivity contribution < 1.29 is 14.3 Å². The van der Waals surface area contributed by atoms with Crippen molar-refractivity contribution >= 4 is 28.5 Å². The van der Waals surface area contributed by atoms with E-state index < -0.39 is 5.97 Å². The zero-order chi connectivity index (χ0) is 17.6. The minimum Gasteiger partial charge on any atom is -0.490 e. The van der Waals surface area contributed by atoms with E-state index in [0.717, 1.165) is 0 Å². The minimum atomic E-state index is -0.533. The number of carbonyl (C=O) groups is 1. The molecule has 0 aliphatic heterocycles. The van der Waals surface area contributed by atoms with Gasteiger partial charge in [0, 0.05) is 5.02 Å². The van der Waals surface area contributed by atoms with E-state index >= 15 is 0 Å². The molecule has 0 spiro atoms. The molecule has 2 aromatic carbocycles. The molecular formula is C18H15ClN2O4. The molecule has 1 heterocycles. The van der Waals surface area contributed by atoms with Gasteiger partial charge in [0.25, 0.3) is 5.56 Å². The molecule has 3 aromatic rings. The molecule has 3 rings (SSSR count). The summed E-state index contributed by atoms with van der Waals surface area (Å²) in [6.45, 7) is 0.0614. The Morgan fingerprint density at radius 3 is 2.80 bits per heavy atom. The van der Waals surface area contributed by atoms with Crippen molar-refractivity contribution in [3.63, 3.8) is 0 Å². The van der Waals surface area contributed by atoms with Crippen LogP contribution in [0.3, 0.4) is 0 Å². The first-order valence-corrected chi connectivity index (χ1v) is 7.99. The van der Waals surface area contributed by atoms with E-state index in [4.69, 9.17) is 21.1 Å². The largest absolute Gasteiger partial charge is 0.490 e. The van der Waals surface area contributed by atoms with Gasteiger partial charge >= 0.3 is 5.97 Å². The van der Waals surface area contributed by atoms with E-state index in [9.17, 15) is 9.59 Å². The van der Waals surface area contributed by atoms with Crippen LogP contribution >= 0.6 is 11.6 Å². The van der Waals surface area contributed by atoms with Crippen LogP contribution < -0.4 is 10.3 Å². The molecule has 0 radical (unpaired) electrons. The van der Waals surface area contributed by atoms with Crippen LogP contribution in [0.5, 0.6) is 5.75 Å². The highest BCUT2D eigenvalue weighted by Gasteiger charge is 2.09. The second-order valence-corrected chi connectivity index (χ2v) is 5.66. The summed E-state index contributed by atoms with van der Waals surface area (Å²) < 4.78 is 11.7. The molecule has 0 saturated carbocycles. The Bertz CT molecular complexity index is 955. The van der Waals surface area contributed by atoms with Crippen molar-refractivity contribution in [2.24, 2.45) is 0 Å². The van der Waals surface area contributed by atoms with E-state index in [-0.39, 0.29) is 25.3 Å². The third kappa shape index (κ3) is 4.36. The van der Waals surface area contributed by atoms with Crippen molar-refractivity contribution in [3.8, 4) is 5.75 Å². The van der Waals surface area contributed by atoms with Gasteiger partial charge in [-0.3, -0.25) is 14.2 Å². The summed E-state index contributed by atoms with van der Waals surface area (Å²) in [5.74, 6) is 0.0624.